The van der Waals surface area contributed by atoms with Gasteiger partial charge in [0.1, 0.15) is 0 Å². The van der Waals surface area contributed by atoms with Crippen LogP contribution in [0.4, 0.5) is 0 Å². The van der Waals surface area contributed by atoms with E-state index in [0.29, 0.717) is 12.2 Å². The molecule has 0 spiro atoms. The second kappa shape index (κ2) is 8.85. The summed E-state index contributed by atoms with van der Waals surface area (Å²) in [6, 6.07) is 0. The minimum absolute atomic E-state index is 0.393. The summed E-state index contributed by atoms with van der Waals surface area (Å²) in [5, 5.41) is 9.61. The van der Waals surface area contributed by atoms with E-state index < -0.39 is 0 Å². The lowest BCUT2D eigenvalue weighted by molar-refractivity contribution is 0.389. The van der Waals surface area contributed by atoms with Crippen LogP contribution < -0.4 is 0 Å². The van der Waals surface area contributed by atoms with Gasteiger partial charge >= 0.3 is 0 Å². The maximum Gasteiger partial charge on any atom is 0.0928 e. The van der Waals surface area contributed by atoms with E-state index in [0.717, 1.165) is 18.4 Å². The number of aliphatic hydroxyl groups excluding tert-OH is 1. The molecule has 0 aromatic rings. The number of terminal acetylenes is 1. The molecule has 0 aliphatic heterocycles. The van der Waals surface area contributed by atoms with Crippen molar-refractivity contribution in [1.29, 1.82) is 0 Å². The second-order valence-corrected chi connectivity index (χ2v) is 4.03. The fourth-order valence-corrected chi connectivity index (χ4v) is 1.47. The summed E-state index contributed by atoms with van der Waals surface area (Å²) in [4.78, 5) is 0. The van der Waals surface area contributed by atoms with E-state index in [4.69, 9.17) is 6.42 Å². The molecule has 88 valence electrons. The minimum atomic E-state index is 0.393. The molecule has 0 unspecified atom stereocenters. The summed E-state index contributed by atoms with van der Waals surface area (Å²) < 4.78 is 0. The highest BCUT2D eigenvalue weighted by molar-refractivity contribution is 5.26. The monoisotopic (exact) mass is 218 g/mol. The predicted octanol–water partition coefficient (Wildman–Crippen LogP) is 4.53. The standard InChI is InChI=1S/C15H22O/c1-5-8-13(3)10-7-11-15(16)12-14(4)9-6-2/h2,9-10,12,16H,5,7-8,11H2,1,3-4H3/b13-10-,14-9-,15-12+. The van der Waals surface area contributed by atoms with Crippen molar-refractivity contribution in [2.45, 2.75) is 46.5 Å². The van der Waals surface area contributed by atoms with Crippen molar-refractivity contribution < 1.29 is 5.11 Å². The Morgan fingerprint density at radius 2 is 2.00 bits per heavy atom. The van der Waals surface area contributed by atoms with Gasteiger partial charge in [0.2, 0.25) is 0 Å². The molecule has 0 bridgehead atoms. The zero-order valence-corrected chi connectivity index (χ0v) is 10.6. The Labute approximate surface area is 99.6 Å². The molecule has 0 saturated carbocycles. The van der Waals surface area contributed by atoms with Crippen LogP contribution in [0, 0.1) is 12.3 Å². The van der Waals surface area contributed by atoms with E-state index >= 15 is 0 Å². The highest BCUT2D eigenvalue weighted by Crippen LogP contribution is 2.10. The summed E-state index contributed by atoms with van der Waals surface area (Å²) in [6.07, 6.45) is 14.6. The molecule has 1 heteroatoms. The number of allylic oxidation sites excluding steroid dienone is 6. The summed E-state index contributed by atoms with van der Waals surface area (Å²) >= 11 is 0. The number of rotatable bonds is 6. The third-order valence-corrected chi connectivity index (χ3v) is 2.24. The number of aliphatic hydroxyl groups is 1. The normalized spacial score (nSPS) is 13.8. The van der Waals surface area contributed by atoms with Crippen molar-refractivity contribution in [3.63, 3.8) is 0 Å². The van der Waals surface area contributed by atoms with E-state index in [1.807, 2.05) is 6.92 Å². The largest absolute Gasteiger partial charge is 0.512 e. The molecule has 0 aromatic carbocycles. The molecule has 0 heterocycles. The zero-order valence-electron chi connectivity index (χ0n) is 10.6. The van der Waals surface area contributed by atoms with E-state index in [1.54, 1.807) is 12.2 Å². The lowest BCUT2D eigenvalue weighted by Crippen LogP contribution is -1.83. The van der Waals surface area contributed by atoms with Gasteiger partial charge in [-0.05, 0) is 44.4 Å². The van der Waals surface area contributed by atoms with Crippen LogP contribution in [0.3, 0.4) is 0 Å². The first-order chi connectivity index (χ1) is 7.60. The van der Waals surface area contributed by atoms with Gasteiger partial charge in [-0.15, -0.1) is 6.42 Å². The summed E-state index contributed by atoms with van der Waals surface area (Å²) in [5.41, 5.74) is 2.31. The van der Waals surface area contributed by atoms with Gasteiger partial charge in [-0.3, -0.25) is 0 Å². The third-order valence-electron chi connectivity index (χ3n) is 2.24. The second-order valence-electron chi connectivity index (χ2n) is 4.03. The Kier molecular flexibility index (Phi) is 8.07. The number of hydrogen-bond donors (Lipinski definition) is 1. The molecule has 0 fully saturated rings. The Hall–Kier alpha value is -1.42. The molecule has 16 heavy (non-hydrogen) atoms. The van der Waals surface area contributed by atoms with Crippen LogP contribution in [0.5, 0.6) is 0 Å². The van der Waals surface area contributed by atoms with Crippen molar-refractivity contribution in [3.8, 4) is 12.3 Å². The molecule has 0 atom stereocenters. The highest BCUT2D eigenvalue weighted by atomic mass is 16.3. The molecule has 1 nitrogen and oxygen atoms in total. The van der Waals surface area contributed by atoms with Crippen LogP contribution in [-0.2, 0) is 0 Å². The molecule has 0 saturated heterocycles. The quantitative estimate of drug-likeness (QED) is 0.300. The van der Waals surface area contributed by atoms with Gasteiger partial charge in [0.05, 0.1) is 5.76 Å². The van der Waals surface area contributed by atoms with Crippen LogP contribution in [-0.4, -0.2) is 5.11 Å². The van der Waals surface area contributed by atoms with Crippen molar-refractivity contribution in [2.75, 3.05) is 0 Å². The average molecular weight is 218 g/mol. The SMILES string of the molecule is C#C/C=C(C)\C=C(\O)CC/C=C(/C)CCC. The molecular weight excluding hydrogens is 196 g/mol. The third kappa shape index (κ3) is 7.94. The first-order valence-electron chi connectivity index (χ1n) is 5.78. The molecule has 0 aromatic heterocycles. The van der Waals surface area contributed by atoms with Crippen molar-refractivity contribution >= 4 is 0 Å². The van der Waals surface area contributed by atoms with Crippen LogP contribution in [0.2, 0.25) is 0 Å². The lowest BCUT2D eigenvalue weighted by atomic mass is 10.1. The van der Waals surface area contributed by atoms with E-state index in [-0.39, 0.29) is 0 Å². The van der Waals surface area contributed by atoms with Crippen molar-refractivity contribution in [1.82, 2.24) is 0 Å². The van der Waals surface area contributed by atoms with E-state index in [1.165, 1.54) is 12.0 Å². The van der Waals surface area contributed by atoms with Crippen LogP contribution in [0.15, 0.2) is 35.1 Å². The first kappa shape index (κ1) is 14.6. The van der Waals surface area contributed by atoms with E-state index in [2.05, 4.69) is 25.8 Å². The topological polar surface area (TPSA) is 20.2 Å². The average Bonchev–Trinajstić information content (AvgIpc) is 2.18. The van der Waals surface area contributed by atoms with Crippen LogP contribution in [0.25, 0.3) is 0 Å². The molecule has 0 rings (SSSR count). The Bertz CT molecular complexity index is 324. The zero-order chi connectivity index (χ0) is 12.4. The fraction of sp³-hybridized carbons (Fsp3) is 0.467. The summed E-state index contributed by atoms with van der Waals surface area (Å²) in [7, 11) is 0. The molecule has 0 radical (unpaired) electrons. The number of hydrogen-bond acceptors (Lipinski definition) is 1. The first-order valence-corrected chi connectivity index (χ1v) is 5.78. The molecule has 0 aliphatic carbocycles. The summed E-state index contributed by atoms with van der Waals surface area (Å²) in [5.74, 6) is 2.83. The van der Waals surface area contributed by atoms with Crippen LogP contribution in [0.1, 0.15) is 46.5 Å². The Morgan fingerprint density at radius 1 is 1.31 bits per heavy atom. The summed E-state index contributed by atoms with van der Waals surface area (Å²) in [6.45, 7) is 6.19. The van der Waals surface area contributed by atoms with Gasteiger partial charge < -0.3 is 5.11 Å². The van der Waals surface area contributed by atoms with Crippen LogP contribution >= 0.6 is 0 Å². The molecule has 0 amide bonds. The maximum absolute atomic E-state index is 9.61. The van der Waals surface area contributed by atoms with Gasteiger partial charge in [0.25, 0.3) is 0 Å². The van der Waals surface area contributed by atoms with Gasteiger partial charge in [-0.25, -0.2) is 0 Å². The highest BCUT2D eigenvalue weighted by Gasteiger charge is 1.93. The fourth-order valence-electron chi connectivity index (χ4n) is 1.47. The van der Waals surface area contributed by atoms with Crippen molar-refractivity contribution in [3.05, 3.63) is 35.1 Å². The molecule has 1 N–H and O–H groups in total. The van der Waals surface area contributed by atoms with Gasteiger partial charge in [0.15, 0.2) is 0 Å². The lowest BCUT2D eigenvalue weighted by Gasteiger charge is -2.00. The minimum Gasteiger partial charge on any atom is -0.512 e. The Morgan fingerprint density at radius 3 is 2.56 bits per heavy atom. The molecular formula is C15H22O. The van der Waals surface area contributed by atoms with Gasteiger partial charge in [-0.1, -0.05) is 30.9 Å². The smallest absolute Gasteiger partial charge is 0.0928 e. The van der Waals surface area contributed by atoms with Gasteiger partial charge in [-0.2, -0.15) is 0 Å². The Balaban J connectivity index is 4.08. The van der Waals surface area contributed by atoms with E-state index in [9.17, 15) is 5.11 Å². The predicted molar refractivity (Wildman–Crippen MR) is 71.2 cm³/mol. The van der Waals surface area contributed by atoms with Crippen molar-refractivity contribution in [2.24, 2.45) is 0 Å². The molecule has 0 aliphatic rings. The maximum atomic E-state index is 9.61. The van der Waals surface area contributed by atoms with Gasteiger partial charge in [0, 0.05) is 6.42 Å².